The van der Waals surface area contributed by atoms with E-state index in [1.165, 1.54) is 0 Å². The highest BCUT2D eigenvalue weighted by molar-refractivity contribution is 5.82. The van der Waals surface area contributed by atoms with Crippen LogP contribution in [0.1, 0.15) is 25.5 Å². The number of aryl methyl sites for hydroxylation is 1. The predicted octanol–water partition coefficient (Wildman–Crippen LogP) is 2.59. The summed E-state index contributed by atoms with van der Waals surface area (Å²) in [6, 6.07) is 9.10. The number of pyridine rings is 1. The molecule has 1 aromatic heterocycles. The van der Waals surface area contributed by atoms with Crippen molar-refractivity contribution in [3.8, 4) is 0 Å². The van der Waals surface area contributed by atoms with Gasteiger partial charge < -0.3 is 14.2 Å². The number of carbonyl (C=O) groups excluding carboxylic acids is 1. The van der Waals surface area contributed by atoms with Gasteiger partial charge in [-0.3, -0.25) is 9.59 Å². The van der Waals surface area contributed by atoms with Gasteiger partial charge in [0.2, 0.25) is 5.91 Å². The molecular formula is C20H26N2O3. The van der Waals surface area contributed by atoms with E-state index in [0.717, 1.165) is 43.8 Å². The summed E-state index contributed by atoms with van der Waals surface area (Å²) in [6.07, 6.45) is 2.04. The molecule has 0 radical (unpaired) electrons. The number of fused-ring (bicyclic) bond motifs is 1. The highest BCUT2D eigenvalue weighted by atomic mass is 16.5. The van der Waals surface area contributed by atoms with E-state index >= 15 is 0 Å². The Labute approximate surface area is 148 Å². The smallest absolute Gasteiger partial charge is 0.242 e. The maximum Gasteiger partial charge on any atom is 0.242 e. The van der Waals surface area contributed by atoms with Gasteiger partial charge in [-0.25, -0.2) is 0 Å². The van der Waals surface area contributed by atoms with E-state index in [-0.39, 0.29) is 17.9 Å². The molecule has 5 heteroatoms. The zero-order chi connectivity index (χ0) is 17.8. The van der Waals surface area contributed by atoms with Crippen molar-refractivity contribution in [3.63, 3.8) is 0 Å². The number of aromatic nitrogens is 1. The van der Waals surface area contributed by atoms with Crippen molar-refractivity contribution in [3.05, 3.63) is 46.2 Å². The van der Waals surface area contributed by atoms with Gasteiger partial charge in [0.25, 0.3) is 0 Å². The molecule has 0 bridgehead atoms. The number of benzene rings is 1. The van der Waals surface area contributed by atoms with Crippen LogP contribution in [-0.4, -0.2) is 41.7 Å². The van der Waals surface area contributed by atoms with Crippen molar-refractivity contribution in [2.45, 2.75) is 33.2 Å². The molecule has 1 saturated heterocycles. The maximum absolute atomic E-state index is 12.9. The molecule has 25 heavy (non-hydrogen) atoms. The van der Waals surface area contributed by atoms with Gasteiger partial charge >= 0.3 is 0 Å². The van der Waals surface area contributed by atoms with Crippen LogP contribution in [0.25, 0.3) is 10.9 Å². The van der Waals surface area contributed by atoms with Crippen molar-refractivity contribution < 1.29 is 9.53 Å². The number of hydrogen-bond acceptors (Lipinski definition) is 3. The van der Waals surface area contributed by atoms with Gasteiger partial charge in [-0.1, -0.05) is 12.1 Å². The van der Waals surface area contributed by atoms with Crippen LogP contribution >= 0.6 is 0 Å². The normalized spacial score (nSPS) is 15.4. The largest absolute Gasteiger partial charge is 0.381 e. The van der Waals surface area contributed by atoms with Crippen LogP contribution in [0.5, 0.6) is 0 Å². The standard InChI is InChI=1S/C20H26N2O3/c1-3-21(13-16-8-10-25-11-9-16)20(24)14-22-15(2)12-19(23)17-6-4-5-7-18(17)22/h4-7,12,16H,3,8-11,13-14H2,1-2H3. The molecular weight excluding hydrogens is 316 g/mol. The molecule has 0 saturated carbocycles. The molecule has 0 aliphatic carbocycles. The molecule has 0 unspecified atom stereocenters. The first-order valence-electron chi connectivity index (χ1n) is 9.05. The number of nitrogens with zero attached hydrogens (tertiary/aromatic N) is 2. The molecule has 2 aromatic rings. The minimum absolute atomic E-state index is 0.00588. The lowest BCUT2D eigenvalue weighted by molar-refractivity contribution is -0.132. The fourth-order valence-electron chi connectivity index (χ4n) is 3.55. The fourth-order valence-corrected chi connectivity index (χ4v) is 3.55. The van der Waals surface area contributed by atoms with Crippen LogP contribution in [-0.2, 0) is 16.1 Å². The topological polar surface area (TPSA) is 51.5 Å². The number of para-hydroxylation sites is 1. The van der Waals surface area contributed by atoms with Crippen LogP contribution in [0.3, 0.4) is 0 Å². The number of amides is 1. The van der Waals surface area contributed by atoms with Gasteiger partial charge in [0, 0.05) is 43.4 Å². The van der Waals surface area contributed by atoms with Gasteiger partial charge in [0.1, 0.15) is 6.54 Å². The zero-order valence-corrected chi connectivity index (χ0v) is 15.0. The third kappa shape index (κ3) is 3.93. The monoisotopic (exact) mass is 342 g/mol. The number of hydrogen-bond donors (Lipinski definition) is 0. The van der Waals surface area contributed by atoms with E-state index in [1.54, 1.807) is 6.07 Å². The predicted molar refractivity (Wildman–Crippen MR) is 98.7 cm³/mol. The van der Waals surface area contributed by atoms with Crippen molar-refractivity contribution >= 4 is 16.8 Å². The first-order valence-corrected chi connectivity index (χ1v) is 9.05. The number of rotatable bonds is 5. The molecule has 134 valence electrons. The average molecular weight is 342 g/mol. The zero-order valence-electron chi connectivity index (χ0n) is 15.0. The summed E-state index contributed by atoms with van der Waals surface area (Å²) in [7, 11) is 0. The third-order valence-corrected chi connectivity index (χ3v) is 5.07. The first kappa shape index (κ1) is 17.7. The molecule has 0 N–H and O–H groups in total. The van der Waals surface area contributed by atoms with Gasteiger partial charge in [-0.05, 0) is 44.7 Å². The molecule has 1 fully saturated rings. The molecule has 1 amide bonds. The summed E-state index contributed by atoms with van der Waals surface area (Å²) in [6.45, 7) is 7.25. The lowest BCUT2D eigenvalue weighted by Crippen LogP contribution is -2.39. The van der Waals surface area contributed by atoms with Crippen molar-refractivity contribution in [2.75, 3.05) is 26.3 Å². The van der Waals surface area contributed by atoms with Gasteiger partial charge in [0.05, 0.1) is 5.52 Å². The maximum atomic E-state index is 12.9. The van der Waals surface area contributed by atoms with E-state index < -0.39 is 0 Å². The molecule has 1 aromatic carbocycles. The third-order valence-electron chi connectivity index (χ3n) is 5.07. The lowest BCUT2D eigenvalue weighted by Gasteiger charge is -2.29. The van der Waals surface area contributed by atoms with Gasteiger partial charge in [0.15, 0.2) is 5.43 Å². The number of carbonyl (C=O) groups is 1. The number of ether oxygens (including phenoxy) is 1. The van der Waals surface area contributed by atoms with E-state index in [0.29, 0.717) is 17.8 Å². The van der Waals surface area contributed by atoms with E-state index in [4.69, 9.17) is 4.74 Å². The second kappa shape index (κ2) is 7.83. The van der Waals surface area contributed by atoms with Crippen LogP contribution in [0, 0.1) is 12.8 Å². The lowest BCUT2D eigenvalue weighted by atomic mass is 9.99. The van der Waals surface area contributed by atoms with Crippen molar-refractivity contribution in [2.24, 2.45) is 5.92 Å². The summed E-state index contributed by atoms with van der Waals surface area (Å²) in [4.78, 5) is 27.0. The quantitative estimate of drug-likeness (QED) is 0.839. The fraction of sp³-hybridized carbons (Fsp3) is 0.500. The molecule has 1 aliphatic heterocycles. The molecule has 0 atom stereocenters. The van der Waals surface area contributed by atoms with Crippen molar-refractivity contribution in [1.29, 1.82) is 0 Å². The van der Waals surface area contributed by atoms with Crippen LogP contribution in [0.4, 0.5) is 0 Å². The summed E-state index contributed by atoms with van der Waals surface area (Å²) < 4.78 is 7.36. The molecule has 5 nitrogen and oxygen atoms in total. The molecule has 3 rings (SSSR count). The van der Waals surface area contributed by atoms with E-state index in [1.807, 2.05) is 47.6 Å². The van der Waals surface area contributed by atoms with Crippen LogP contribution < -0.4 is 5.43 Å². The Hall–Kier alpha value is -2.14. The first-order chi connectivity index (χ1) is 12.1. The second-order valence-electron chi connectivity index (χ2n) is 6.74. The Morgan fingerprint density at radius 1 is 1.28 bits per heavy atom. The Morgan fingerprint density at radius 2 is 2.00 bits per heavy atom. The summed E-state index contributed by atoms with van der Waals surface area (Å²) in [5.41, 5.74) is 1.65. The highest BCUT2D eigenvalue weighted by Crippen LogP contribution is 2.17. The highest BCUT2D eigenvalue weighted by Gasteiger charge is 2.21. The van der Waals surface area contributed by atoms with E-state index in [2.05, 4.69) is 0 Å². The van der Waals surface area contributed by atoms with Crippen LogP contribution in [0.2, 0.25) is 0 Å². The molecule has 0 spiro atoms. The Balaban J connectivity index is 1.82. The minimum Gasteiger partial charge on any atom is -0.381 e. The van der Waals surface area contributed by atoms with Gasteiger partial charge in [-0.2, -0.15) is 0 Å². The van der Waals surface area contributed by atoms with Crippen LogP contribution in [0.15, 0.2) is 35.1 Å². The summed E-state index contributed by atoms with van der Waals surface area (Å²) in [5.74, 6) is 0.621. The Bertz CT molecular complexity index is 806. The van der Waals surface area contributed by atoms with Crippen molar-refractivity contribution in [1.82, 2.24) is 9.47 Å². The molecule has 1 aliphatic rings. The summed E-state index contributed by atoms with van der Waals surface area (Å²) >= 11 is 0. The minimum atomic E-state index is 0.00588. The van der Waals surface area contributed by atoms with Gasteiger partial charge in [-0.15, -0.1) is 0 Å². The number of likely N-dealkylation sites (N-methyl/N-ethyl adjacent to an activating group) is 1. The summed E-state index contributed by atoms with van der Waals surface area (Å²) in [5, 5.41) is 0.661. The molecule has 2 heterocycles. The Morgan fingerprint density at radius 3 is 2.72 bits per heavy atom. The average Bonchev–Trinajstić information content (AvgIpc) is 2.64. The second-order valence-corrected chi connectivity index (χ2v) is 6.74. The SMILES string of the molecule is CCN(CC1CCOCC1)C(=O)Cn1c(C)cc(=O)c2ccccc21. The Kier molecular flexibility index (Phi) is 5.53. The van der Waals surface area contributed by atoms with E-state index in [9.17, 15) is 9.59 Å².